The van der Waals surface area contributed by atoms with Gasteiger partial charge in [-0.3, -0.25) is 4.68 Å². The molecule has 0 radical (unpaired) electrons. The first-order valence-electron chi connectivity index (χ1n) is 8.51. The first-order valence-corrected chi connectivity index (χ1v) is 9.31. The van der Waals surface area contributed by atoms with Crippen molar-refractivity contribution in [3.63, 3.8) is 0 Å². The molecular formula is C18H15BrN8. The van der Waals surface area contributed by atoms with Crippen molar-refractivity contribution in [3.05, 3.63) is 65.5 Å². The summed E-state index contributed by atoms with van der Waals surface area (Å²) >= 11 is 3.42. The van der Waals surface area contributed by atoms with E-state index < -0.39 is 0 Å². The summed E-state index contributed by atoms with van der Waals surface area (Å²) in [7, 11) is 0. The summed E-state index contributed by atoms with van der Waals surface area (Å²) in [5.74, 6) is 0.860. The Kier molecular flexibility index (Phi) is 3.75. The van der Waals surface area contributed by atoms with Gasteiger partial charge in [0.1, 0.15) is 6.33 Å². The van der Waals surface area contributed by atoms with Crippen molar-refractivity contribution in [2.24, 2.45) is 0 Å². The van der Waals surface area contributed by atoms with E-state index in [-0.39, 0.29) is 5.92 Å². The van der Waals surface area contributed by atoms with Crippen LogP contribution in [-0.2, 0) is 6.54 Å². The molecule has 0 aliphatic carbocycles. The van der Waals surface area contributed by atoms with Gasteiger partial charge in [-0.1, -0.05) is 25.1 Å². The molecule has 5 aromatic rings. The lowest BCUT2D eigenvalue weighted by Crippen LogP contribution is -2.08. The van der Waals surface area contributed by atoms with E-state index in [0.29, 0.717) is 6.54 Å². The summed E-state index contributed by atoms with van der Waals surface area (Å²) in [6.07, 6.45) is 7.19. The Morgan fingerprint density at radius 2 is 1.93 bits per heavy atom. The average Bonchev–Trinajstić information content (AvgIpc) is 3.39. The summed E-state index contributed by atoms with van der Waals surface area (Å²) in [4.78, 5) is 9.30. The van der Waals surface area contributed by atoms with Gasteiger partial charge in [0.25, 0.3) is 0 Å². The van der Waals surface area contributed by atoms with Gasteiger partial charge in [0.2, 0.25) is 0 Å². The number of aromatic nitrogens is 8. The fraction of sp³-hybridized carbons (Fsp3) is 0.167. The number of para-hydroxylation sites is 1. The van der Waals surface area contributed by atoms with Crippen molar-refractivity contribution in [3.8, 4) is 5.69 Å². The predicted molar refractivity (Wildman–Crippen MR) is 104 cm³/mol. The molecule has 0 spiro atoms. The molecule has 4 heterocycles. The molecule has 0 aliphatic rings. The number of hydrogen-bond donors (Lipinski definition) is 0. The van der Waals surface area contributed by atoms with E-state index in [0.717, 1.165) is 32.7 Å². The third kappa shape index (κ3) is 2.80. The molecule has 27 heavy (non-hydrogen) atoms. The zero-order chi connectivity index (χ0) is 18.4. The second kappa shape index (κ2) is 6.27. The highest BCUT2D eigenvalue weighted by molar-refractivity contribution is 9.10. The molecular weight excluding hydrogens is 408 g/mol. The minimum atomic E-state index is 0.107. The van der Waals surface area contributed by atoms with Crippen LogP contribution in [0, 0.1) is 0 Å². The van der Waals surface area contributed by atoms with E-state index in [2.05, 4.69) is 43.1 Å². The monoisotopic (exact) mass is 422 g/mol. The Labute approximate surface area is 162 Å². The van der Waals surface area contributed by atoms with Crippen LogP contribution in [0.5, 0.6) is 0 Å². The Bertz CT molecular complexity index is 1240. The highest BCUT2D eigenvalue weighted by Gasteiger charge is 2.17. The molecule has 4 aromatic heterocycles. The summed E-state index contributed by atoms with van der Waals surface area (Å²) in [6, 6.07) is 9.93. The molecule has 5 rings (SSSR count). The van der Waals surface area contributed by atoms with E-state index in [1.165, 1.54) is 0 Å². The minimum absolute atomic E-state index is 0.107. The van der Waals surface area contributed by atoms with E-state index in [4.69, 9.17) is 4.98 Å². The van der Waals surface area contributed by atoms with Crippen molar-refractivity contribution in [1.82, 2.24) is 39.1 Å². The van der Waals surface area contributed by atoms with E-state index in [1.807, 2.05) is 45.9 Å². The molecule has 0 saturated carbocycles. The molecule has 0 saturated heterocycles. The van der Waals surface area contributed by atoms with Gasteiger partial charge < -0.3 is 0 Å². The third-order valence-electron chi connectivity index (χ3n) is 4.43. The van der Waals surface area contributed by atoms with Crippen molar-refractivity contribution in [2.45, 2.75) is 19.4 Å². The SMILES string of the molecule is CC(Cn1cc(Br)cn1)c1nc2c3cnn(-c4ccccc4)c3ncn2n1. The zero-order valence-electron chi connectivity index (χ0n) is 14.4. The lowest BCUT2D eigenvalue weighted by atomic mass is 10.2. The zero-order valence-corrected chi connectivity index (χ0v) is 16.0. The molecule has 0 N–H and O–H groups in total. The van der Waals surface area contributed by atoms with Crippen LogP contribution >= 0.6 is 15.9 Å². The van der Waals surface area contributed by atoms with Crippen LogP contribution < -0.4 is 0 Å². The first kappa shape index (κ1) is 16.1. The topological polar surface area (TPSA) is 78.7 Å². The van der Waals surface area contributed by atoms with Crippen LogP contribution in [0.25, 0.3) is 22.4 Å². The lowest BCUT2D eigenvalue weighted by Gasteiger charge is -2.06. The number of nitrogens with zero attached hydrogens (tertiary/aromatic N) is 8. The number of hydrogen-bond acceptors (Lipinski definition) is 5. The fourth-order valence-electron chi connectivity index (χ4n) is 3.10. The number of halogens is 1. The van der Waals surface area contributed by atoms with Crippen molar-refractivity contribution < 1.29 is 0 Å². The summed E-state index contributed by atoms with van der Waals surface area (Å²) in [5.41, 5.74) is 2.48. The molecule has 0 bridgehead atoms. The van der Waals surface area contributed by atoms with Crippen molar-refractivity contribution in [1.29, 1.82) is 0 Å². The largest absolute Gasteiger partial charge is 0.271 e. The summed E-state index contributed by atoms with van der Waals surface area (Å²) in [5, 5.41) is 14.3. The minimum Gasteiger partial charge on any atom is -0.271 e. The smallest absolute Gasteiger partial charge is 0.170 e. The van der Waals surface area contributed by atoms with Gasteiger partial charge in [-0.2, -0.15) is 10.2 Å². The highest BCUT2D eigenvalue weighted by atomic mass is 79.9. The molecule has 9 heteroatoms. The molecule has 134 valence electrons. The van der Waals surface area contributed by atoms with E-state index in [9.17, 15) is 0 Å². The maximum absolute atomic E-state index is 4.76. The average molecular weight is 423 g/mol. The Morgan fingerprint density at radius 1 is 1.07 bits per heavy atom. The lowest BCUT2D eigenvalue weighted by molar-refractivity contribution is 0.524. The Balaban J connectivity index is 1.55. The number of fused-ring (bicyclic) bond motifs is 3. The van der Waals surface area contributed by atoms with Crippen molar-refractivity contribution >= 4 is 32.6 Å². The summed E-state index contributed by atoms with van der Waals surface area (Å²) in [6.45, 7) is 2.78. The second-order valence-electron chi connectivity index (χ2n) is 6.39. The molecule has 1 unspecified atom stereocenters. The molecule has 0 aliphatic heterocycles. The first-order chi connectivity index (χ1) is 13.2. The Morgan fingerprint density at radius 3 is 2.70 bits per heavy atom. The van der Waals surface area contributed by atoms with Crippen molar-refractivity contribution in [2.75, 3.05) is 0 Å². The van der Waals surface area contributed by atoms with Gasteiger partial charge in [-0.15, -0.1) is 5.10 Å². The van der Waals surface area contributed by atoms with Gasteiger partial charge in [0.15, 0.2) is 17.1 Å². The quantitative estimate of drug-likeness (QED) is 0.444. The third-order valence-corrected chi connectivity index (χ3v) is 4.84. The molecule has 0 amide bonds. The maximum Gasteiger partial charge on any atom is 0.170 e. The van der Waals surface area contributed by atoms with Gasteiger partial charge in [0, 0.05) is 12.1 Å². The normalized spacial score (nSPS) is 12.8. The summed E-state index contributed by atoms with van der Waals surface area (Å²) < 4.78 is 6.36. The predicted octanol–water partition coefficient (Wildman–Crippen LogP) is 3.23. The van der Waals surface area contributed by atoms with Crippen LogP contribution in [0.4, 0.5) is 0 Å². The van der Waals surface area contributed by atoms with Crippen LogP contribution in [0.15, 0.2) is 59.7 Å². The second-order valence-corrected chi connectivity index (χ2v) is 7.31. The molecule has 1 atom stereocenters. The fourth-order valence-corrected chi connectivity index (χ4v) is 3.43. The van der Waals surface area contributed by atoms with E-state index >= 15 is 0 Å². The Hall–Kier alpha value is -3.07. The maximum atomic E-state index is 4.76. The number of benzene rings is 1. The van der Waals surface area contributed by atoms with Gasteiger partial charge in [-0.05, 0) is 28.1 Å². The standard InChI is InChI=1S/C18H15BrN8/c1-12(9-25-10-13(19)7-21-25)16-23-18-15-8-22-27(14-5-3-2-4-6-14)17(15)20-11-26(18)24-16/h2-8,10-12H,9H2,1H3. The molecule has 1 aromatic carbocycles. The van der Waals surface area contributed by atoms with Crippen LogP contribution in [0.2, 0.25) is 0 Å². The highest BCUT2D eigenvalue weighted by Crippen LogP contribution is 2.22. The molecule has 0 fully saturated rings. The van der Waals surface area contributed by atoms with Crippen LogP contribution in [0.1, 0.15) is 18.7 Å². The van der Waals surface area contributed by atoms with Crippen LogP contribution in [0.3, 0.4) is 0 Å². The van der Waals surface area contributed by atoms with Crippen LogP contribution in [-0.4, -0.2) is 39.1 Å². The van der Waals surface area contributed by atoms with E-state index in [1.54, 1.807) is 23.2 Å². The van der Waals surface area contributed by atoms with Gasteiger partial charge in [-0.25, -0.2) is 19.2 Å². The van der Waals surface area contributed by atoms with Gasteiger partial charge in [0.05, 0.1) is 34.5 Å². The number of rotatable bonds is 4. The molecule has 8 nitrogen and oxygen atoms in total. The van der Waals surface area contributed by atoms with Gasteiger partial charge >= 0.3 is 0 Å².